The number of fused-ring (bicyclic) bond motifs is 2. The van der Waals surface area contributed by atoms with Crippen LogP contribution in [-0.4, -0.2) is 11.7 Å². The number of allylic oxidation sites excluding steroid dienone is 1. The molecule has 1 N–H and O–H groups in total. The van der Waals surface area contributed by atoms with Gasteiger partial charge in [0.25, 0.3) is 0 Å². The Morgan fingerprint density at radius 3 is 2.50 bits per heavy atom. The molecule has 3 fully saturated rings. The third-order valence-electron chi connectivity index (χ3n) is 5.52. The highest BCUT2D eigenvalue weighted by molar-refractivity contribution is 5.13. The molecular formula is C15H26O. The molecule has 0 aromatic rings. The fourth-order valence-corrected chi connectivity index (χ4v) is 3.99. The van der Waals surface area contributed by atoms with Crippen LogP contribution >= 0.6 is 0 Å². The summed E-state index contributed by atoms with van der Waals surface area (Å²) in [6.45, 7) is 9.68. The second-order valence-electron chi connectivity index (χ2n) is 6.46. The zero-order valence-electron chi connectivity index (χ0n) is 11.2. The molecule has 0 aromatic carbocycles. The number of hydrogen-bond donors (Lipinski definition) is 1. The van der Waals surface area contributed by atoms with E-state index in [1.54, 1.807) is 0 Å². The standard InChI is InChI=1S/C15H26O/c1-5-11(9-16)6-12-7-13-8-14(10(12)2)15(13,3)4/h6,10,12-14,16H,5,7-9H2,1-4H3/t10-,12+,13+,14+/m1/s1. The molecule has 0 spiro atoms. The van der Waals surface area contributed by atoms with Gasteiger partial charge in [-0.25, -0.2) is 0 Å². The Balaban J connectivity index is 2.08. The van der Waals surface area contributed by atoms with E-state index in [1.807, 2.05) is 0 Å². The van der Waals surface area contributed by atoms with Crippen molar-refractivity contribution < 1.29 is 5.11 Å². The van der Waals surface area contributed by atoms with Crippen molar-refractivity contribution in [3.63, 3.8) is 0 Å². The Bertz CT molecular complexity index is 284. The summed E-state index contributed by atoms with van der Waals surface area (Å²) in [7, 11) is 0. The minimum Gasteiger partial charge on any atom is -0.392 e. The van der Waals surface area contributed by atoms with E-state index in [2.05, 4.69) is 33.8 Å². The molecule has 3 aliphatic rings. The number of rotatable bonds is 3. The molecule has 0 unspecified atom stereocenters. The molecule has 4 atom stereocenters. The maximum absolute atomic E-state index is 9.25. The van der Waals surface area contributed by atoms with E-state index in [0.29, 0.717) is 5.41 Å². The Morgan fingerprint density at radius 1 is 1.38 bits per heavy atom. The molecule has 0 saturated heterocycles. The summed E-state index contributed by atoms with van der Waals surface area (Å²) in [4.78, 5) is 0. The highest BCUT2D eigenvalue weighted by atomic mass is 16.3. The number of aliphatic hydroxyl groups is 1. The van der Waals surface area contributed by atoms with Gasteiger partial charge in [-0.1, -0.05) is 33.8 Å². The van der Waals surface area contributed by atoms with Gasteiger partial charge in [-0.05, 0) is 53.9 Å². The average Bonchev–Trinajstić information content (AvgIpc) is 2.26. The van der Waals surface area contributed by atoms with Crippen LogP contribution in [-0.2, 0) is 0 Å². The van der Waals surface area contributed by atoms with E-state index in [-0.39, 0.29) is 6.61 Å². The second kappa shape index (κ2) is 4.18. The van der Waals surface area contributed by atoms with E-state index in [9.17, 15) is 5.11 Å². The van der Waals surface area contributed by atoms with Gasteiger partial charge in [0, 0.05) is 0 Å². The lowest BCUT2D eigenvalue weighted by Gasteiger charge is -2.62. The molecule has 0 heterocycles. The van der Waals surface area contributed by atoms with Gasteiger partial charge in [-0.15, -0.1) is 0 Å². The molecule has 16 heavy (non-hydrogen) atoms. The zero-order chi connectivity index (χ0) is 11.9. The SMILES string of the molecule is CCC(=C[C@H]1C[C@H]2C[C@@H]([C@@H]1C)C2(C)C)CO. The molecule has 3 saturated carbocycles. The van der Waals surface area contributed by atoms with Crippen LogP contribution in [0, 0.1) is 29.1 Å². The quantitative estimate of drug-likeness (QED) is 0.723. The molecule has 0 radical (unpaired) electrons. The third-order valence-corrected chi connectivity index (χ3v) is 5.52. The minimum atomic E-state index is 0.248. The summed E-state index contributed by atoms with van der Waals surface area (Å²) in [5.74, 6) is 3.35. The van der Waals surface area contributed by atoms with Crippen LogP contribution in [0.2, 0.25) is 0 Å². The fraction of sp³-hybridized carbons (Fsp3) is 0.867. The molecule has 0 amide bonds. The highest BCUT2D eigenvalue weighted by Gasteiger charge is 2.55. The van der Waals surface area contributed by atoms with E-state index in [4.69, 9.17) is 0 Å². The van der Waals surface area contributed by atoms with Gasteiger partial charge in [-0.2, -0.15) is 0 Å². The van der Waals surface area contributed by atoms with Gasteiger partial charge in [-0.3, -0.25) is 0 Å². The Kier molecular flexibility index (Phi) is 3.18. The van der Waals surface area contributed by atoms with Gasteiger partial charge in [0.1, 0.15) is 0 Å². The van der Waals surface area contributed by atoms with Crippen molar-refractivity contribution in [1.29, 1.82) is 0 Å². The molecule has 92 valence electrons. The van der Waals surface area contributed by atoms with Gasteiger partial charge < -0.3 is 5.11 Å². The smallest absolute Gasteiger partial charge is 0.0641 e. The maximum atomic E-state index is 9.25. The van der Waals surface area contributed by atoms with Gasteiger partial charge >= 0.3 is 0 Å². The monoisotopic (exact) mass is 222 g/mol. The summed E-state index contributed by atoms with van der Waals surface area (Å²) >= 11 is 0. The largest absolute Gasteiger partial charge is 0.392 e. The maximum Gasteiger partial charge on any atom is 0.0641 e. The number of hydrogen-bond acceptors (Lipinski definition) is 1. The van der Waals surface area contributed by atoms with Crippen LogP contribution in [0.1, 0.15) is 47.0 Å². The van der Waals surface area contributed by atoms with Crippen LogP contribution in [0.15, 0.2) is 11.6 Å². The Morgan fingerprint density at radius 2 is 2.06 bits per heavy atom. The molecule has 3 aliphatic carbocycles. The van der Waals surface area contributed by atoms with Crippen LogP contribution in [0.5, 0.6) is 0 Å². The first kappa shape index (κ1) is 12.2. The van der Waals surface area contributed by atoms with Crippen molar-refractivity contribution in [3.8, 4) is 0 Å². The van der Waals surface area contributed by atoms with Crippen molar-refractivity contribution in [3.05, 3.63) is 11.6 Å². The van der Waals surface area contributed by atoms with E-state index >= 15 is 0 Å². The summed E-state index contributed by atoms with van der Waals surface area (Å²) in [5, 5.41) is 9.25. The zero-order valence-corrected chi connectivity index (χ0v) is 11.2. The second-order valence-corrected chi connectivity index (χ2v) is 6.46. The van der Waals surface area contributed by atoms with Crippen molar-refractivity contribution >= 4 is 0 Å². The molecule has 0 aromatic heterocycles. The molecular weight excluding hydrogens is 196 g/mol. The van der Waals surface area contributed by atoms with Crippen molar-refractivity contribution in [2.45, 2.75) is 47.0 Å². The molecule has 0 aliphatic heterocycles. The predicted molar refractivity (Wildman–Crippen MR) is 68.1 cm³/mol. The average molecular weight is 222 g/mol. The van der Waals surface area contributed by atoms with Crippen LogP contribution in [0.3, 0.4) is 0 Å². The van der Waals surface area contributed by atoms with Crippen LogP contribution in [0.4, 0.5) is 0 Å². The topological polar surface area (TPSA) is 20.2 Å². The molecule has 3 rings (SSSR count). The molecule has 1 nitrogen and oxygen atoms in total. The Labute approximate surface area is 99.9 Å². The summed E-state index contributed by atoms with van der Waals surface area (Å²) in [5.41, 5.74) is 1.81. The first-order valence-corrected chi connectivity index (χ1v) is 6.81. The lowest BCUT2D eigenvalue weighted by Crippen LogP contribution is -2.54. The van der Waals surface area contributed by atoms with Crippen LogP contribution in [0.25, 0.3) is 0 Å². The Hall–Kier alpha value is -0.300. The highest BCUT2D eigenvalue weighted by Crippen LogP contribution is 2.63. The number of aliphatic hydroxyl groups excluding tert-OH is 1. The lowest BCUT2D eigenvalue weighted by molar-refractivity contribution is -0.118. The first-order chi connectivity index (χ1) is 7.50. The fourth-order valence-electron chi connectivity index (χ4n) is 3.99. The van der Waals surface area contributed by atoms with E-state index in [1.165, 1.54) is 18.4 Å². The van der Waals surface area contributed by atoms with Crippen molar-refractivity contribution in [1.82, 2.24) is 0 Å². The predicted octanol–water partition coefficient (Wildman–Crippen LogP) is 3.63. The van der Waals surface area contributed by atoms with Gasteiger partial charge in [0.2, 0.25) is 0 Å². The summed E-state index contributed by atoms with van der Waals surface area (Å²) in [6, 6.07) is 0. The molecule has 2 bridgehead atoms. The molecule has 1 heteroatoms. The van der Waals surface area contributed by atoms with Gasteiger partial charge in [0.15, 0.2) is 0 Å². The van der Waals surface area contributed by atoms with Crippen molar-refractivity contribution in [2.24, 2.45) is 29.1 Å². The van der Waals surface area contributed by atoms with Gasteiger partial charge in [0.05, 0.1) is 6.61 Å². The minimum absolute atomic E-state index is 0.248. The normalized spacial score (nSPS) is 41.7. The summed E-state index contributed by atoms with van der Waals surface area (Å²) < 4.78 is 0. The van der Waals surface area contributed by atoms with E-state index in [0.717, 1.165) is 30.1 Å². The first-order valence-electron chi connectivity index (χ1n) is 6.81. The van der Waals surface area contributed by atoms with E-state index < -0.39 is 0 Å². The third kappa shape index (κ3) is 1.73. The lowest BCUT2D eigenvalue weighted by atomic mass is 9.43. The van der Waals surface area contributed by atoms with Crippen LogP contribution < -0.4 is 0 Å². The van der Waals surface area contributed by atoms with Crippen molar-refractivity contribution in [2.75, 3.05) is 6.61 Å². The summed E-state index contributed by atoms with van der Waals surface area (Å²) in [6.07, 6.45) is 6.16.